The van der Waals surface area contributed by atoms with Gasteiger partial charge >= 0.3 is 0 Å². The maximum Gasteiger partial charge on any atom is 0.251 e. The van der Waals surface area contributed by atoms with E-state index in [0.717, 1.165) is 5.56 Å². The third-order valence-corrected chi connectivity index (χ3v) is 3.45. The fourth-order valence-electron chi connectivity index (χ4n) is 1.90. The monoisotopic (exact) mass is 305 g/mol. The summed E-state index contributed by atoms with van der Waals surface area (Å²) in [7, 11) is 1.45. The number of phenols is 1. The lowest BCUT2D eigenvalue weighted by Gasteiger charge is -2.12. The lowest BCUT2D eigenvalue weighted by Crippen LogP contribution is -2.26. The Hall–Kier alpha value is -2.20. The van der Waals surface area contributed by atoms with Gasteiger partial charge in [-0.2, -0.15) is 0 Å². The van der Waals surface area contributed by atoms with Crippen molar-refractivity contribution in [3.05, 3.63) is 59.7 Å². The SMILES string of the molecule is COc1ccc(C(=O)NCC(Cl)c2ccccc2)cc1O. The van der Waals surface area contributed by atoms with E-state index in [9.17, 15) is 9.90 Å². The first-order valence-corrected chi connectivity index (χ1v) is 6.89. The number of nitrogens with one attached hydrogen (secondary N) is 1. The maximum atomic E-state index is 12.0. The van der Waals surface area contributed by atoms with Gasteiger partial charge in [0.25, 0.3) is 5.91 Å². The molecule has 0 heterocycles. The van der Waals surface area contributed by atoms with E-state index in [1.165, 1.54) is 13.2 Å². The minimum atomic E-state index is -0.304. The van der Waals surface area contributed by atoms with Crippen LogP contribution < -0.4 is 10.1 Å². The molecule has 1 atom stereocenters. The Kier molecular flexibility index (Phi) is 5.06. The second-order valence-corrected chi connectivity index (χ2v) is 5.00. The van der Waals surface area contributed by atoms with Gasteiger partial charge in [0.05, 0.1) is 12.5 Å². The molecular formula is C16H16ClNO3. The van der Waals surface area contributed by atoms with Gasteiger partial charge in [0.15, 0.2) is 11.5 Å². The number of amides is 1. The van der Waals surface area contributed by atoms with Crippen molar-refractivity contribution >= 4 is 17.5 Å². The number of rotatable bonds is 5. The molecular weight excluding hydrogens is 290 g/mol. The highest BCUT2D eigenvalue weighted by Crippen LogP contribution is 2.26. The van der Waals surface area contributed by atoms with Gasteiger partial charge in [-0.1, -0.05) is 30.3 Å². The molecule has 4 nitrogen and oxygen atoms in total. The van der Waals surface area contributed by atoms with E-state index in [1.807, 2.05) is 30.3 Å². The van der Waals surface area contributed by atoms with Crippen molar-refractivity contribution in [1.29, 1.82) is 0 Å². The fraction of sp³-hybridized carbons (Fsp3) is 0.188. The molecule has 2 N–H and O–H groups in total. The first-order valence-electron chi connectivity index (χ1n) is 6.46. The highest BCUT2D eigenvalue weighted by molar-refractivity contribution is 6.21. The van der Waals surface area contributed by atoms with Crippen LogP contribution in [0.5, 0.6) is 11.5 Å². The molecule has 0 aliphatic rings. The fourth-order valence-corrected chi connectivity index (χ4v) is 2.12. The van der Waals surface area contributed by atoms with Crippen molar-refractivity contribution in [1.82, 2.24) is 5.32 Å². The van der Waals surface area contributed by atoms with Crippen molar-refractivity contribution < 1.29 is 14.6 Å². The van der Waals surface area contributed by atoms with Gasteiger partial charge in [0, 0.05) is 12.1 Å². The molecule has 0 bridgehead atoms. The van der Waals surface area contributed by atoms with Crippen molar-refractivity contribution in [2.75, 3.05) is 13.7 Å². The molecule has 0 aromatic heterocycles. The number of carbonyl (C=O) groups is 1. The van der Waals surface area contributed by atoms with E-state index in [0.29, 0.717) is 17.9 Å². The number of halogens is 1. The summed E-state index contributed by atoms with van der Waals surface area (Å²) >= 11 is 6.23. The van der Waals surface area contributed by atoms with Crippen LogP contribution in [-0.4, -0.2) is 24.7 Å². The molecule has 110 valence electrons. The summed E-state index contributed by atoms with van der Waals surface area (Å²) in [5.74, 6) is -0.0452. The normalized spacial score (nSPS) is 11.7. The molecule has 5 heteroatoms. The molecule has 0 saturated carbocycles. The Morgan fingerprint density at radius 3 is 2.62 bits per heavy atom. The van der Waals surface area contributed by atoms with Gasteiger partial charge in [0.2, 0.25) is 0 Å². The third kappa shape index (κ3) is 3.89. The quantitative estimate of drug-likeness (QED) is 0.835. The van der Waals surface area contributed by atoms with Crippen LogP contribution in [0, 0.1) is 0 Å². The molecule has 2 rings (SSSR count). The highest BCUT2D eigenvalue weighted by Gasteiger charge is 2.12. The van der Waals surface area contributed by atoms with Crippen LogP contribution in [0.2, 0.25) is 0 Å². The van der Waals surface area contributed by atoms with Gasteiger partial charge in [-0.25, -0.2) is 0 Å². The molecule has 2 aromatic carbocycles. The topological polar surface area (TPSA) is 58.6 Å². The van der Waals surface area contributed by atoms with E-state index >= 15 is 0 Å². The molecule has 0 spiro atoms. The van der Waals surface area contributed by atoms with Crippen LogP contribution in [-0.2, 0) is 0 Å². The van der Waals surface area contributed by atoms with Crippen molar-refractivity contribution in [2.45, 2.75) is 5.38 Å². The number of benzene rings is 2. The lowest BCUT2D eigenvalue weighted by molar-refractivity contribution is 0.0953. The predicted molar refractivity (Wildman–Crippen MR) is 82.0 cm³/mol. The molecule has 0 fully saturated rings. The summed E-state index contributed by atoms with van der Waals surface area (Å²) in [6.07, 6.45) is 0. The zero-order valence-corrected chi connectivity index (χ0v) is 12.3. The minimum absolute atomic E-state index is 0.0735. The van der Waals surface area contributed by atoms with Gasteiger partial charge < -0.3 is 15.2 Å². The molecule has 0 aliphatic heterocycles. The Morgan fingerprint density at radius 2 is 2.00 bits per heavy atom. The highest BCUT2D eigenvalue weighted by atomic mass is 35.5. The Morgan fingerprint density at radius 1 is 1.29 bits per heavy atom. The van der Waals surface area contributed by atoms with Crippen molar-refractivity contribution in [3.63, 3.8) is 0 Å². The van der Waals surface area contributed by atoms with E-state index in [1.54, 1.807) is 12.1 Å². The molecule has 1 amide bonds. The largest absolute Gasteiger partial charge is 0.504 e. The Balaban J connectivity index is 1.97. The smallest absolute Gasteiger partial charge is 0.251 e. The Bertz CT molecular complexity index is 616. The zero-order chi connectivity index (χ0) is 15.2. The number of phenolic OH excluding ortho intramolecular Hbond substituents is 1. The number of hydrogen-bond acceptors (Lipinski definition) is 3. The lowest BCUT2D eigenvalue weighted by atomic mass is 10.1. The minimum Gasteiger partial charge on any atom is -0.504 e. The Labute approximate surface area is 128 Å². The first-order chi connectivity index (χ1) is 10.1. The van der Waals surface area contributed by atoms with Crippen LogP contribution in [0.15, 0.2) is 48.5 Å². The molecule has 0 radical (unpaired) electrons. The third-order valence-electron chi connectivity index (χ3n) is 3.04. The van der Waals surface area contributed by atoms with Crippen LogP contribution in [0.1, 0.15) is 21.3 Å². The summed E-state index contributed by atoms with van der Waals surface area (Å²) < 4.78 is 4.93. The number of methoxy groups -OCH3 is 1. The second kappa shape index (κ2) is 6.99. The molecule has 0 aliphatic carbocycles. The molecule has 2 aromatic rings. The number of ether oxygens (including phenoxy) is 1. The summed E-state index contributed by atoms with van der Waals surface area (Å²) in [5, 5.41) is 12.1. The summed E-state index contributed by atoms with van der Waals surface area (Å²) in [5.41, 5.74) is 1.29. The maximum absolute atomic E-state index is 12.0. The average Bonchev–Trinajstić information content (AvgIpc) is 2.53. The summed E-state index contributed by atoms with van der Waals surface area (Å²) in [6.45, 7) is 0.303. The summed E-state index contributed by atoms with van der Waals surface area (Å²) in [4.78, 5) is 12.0. The van der Waals surface area contributed by atoms with Gasteiger partial charge in [-0.05, 0) is 23.8 Å². The van der Waals surface area contributed by atoms with Crippen molar-refractivity contribution in [3.8, 4) is 11.5 Å². The van der Waals surface area contributed by atoms with Crippen LogP contribution >= 0.6 is 11.6 Å². The van der Waals surface area contributed by atoms with Gasteiger partial charge in [0.1, 0.15) is 0 Å². The number of aromatic hydroxyl groups is 1. The number of carbonyl (C=O) groups excluding carboxylic acids is 1. The standard InChI is InChI=1S/C16H16ClNO3/c1-21-15-8-7-12(9-14(15)19)16(20)18-10-13(17)11-5-3-2-4-6-11/h2-9,13,19H,10H2,1H3,(H,18,20). The first kappa shape index (κ1) is 15.2. The molecule has 1 unspecified atom stereocenters. The molecule has 0 saturated heterocycles. The van der Waals surface area contributed by atoms with Crippen LogP contribution in [0.4, 0.5) is 0 Å². The van der Waals surface area contributed by atoms with E-state index in [4.69, 9.17) is 16.3 Å². The number of hydrogen-bond donors (Lipinski definition) is 2. The zero-order valence-electron chi connectivity index (χ0n) is 11.5. The summed E-state index contributed by atoms with van der Waals surface area (Å²) in [6, 6.07) is 14.0. The van der Waals surface area contributed by atoms with E-state index < -0.39 is 0 Å². The average molecular weight is 306 g/mol. The van der Waals surface area contributed by atoms with Gasteiger partial charge in [-0.3, -0.25) is 4.79 Å². The van der Waals surface area contributed by atoms with E-state index in [2.05, 4.69) is 5.32 Å². The van der Waals surface area contributed by atoms with Crippen molar-refractivity contribution in [2.24, 2.45) is 0 Å². The predicted octanol–water partition coefficient (Wildman–Crippen LogP) is 3.11. The second-order valence-electron chi connectivity index (χ2n) is 4.47. The molecule has 21 heavy (non-hydrogen) atoms. The van der Waals surface area contributed by atoms with E-state index in [-0.39, 0.29) is 17.0 Å². The van der Waals surface area contributed by atoms with Crippen LogP contribution in [0.3, 0.4) is 0 Å². The van der Waals surface area contributed by atoms with Gasteiger partial charge in [-0.15, -0.1) is 11.6 Å². The number of alkyl halides is 1. The van der Waals surface area contributed by atoms with Crippen LogP contribution in [0.25, 0.3) is 0 Å².